The molecular weight excluding hydrogens is 763 g/mol. The molecule has 1 spiro atoms. The second-order valence-corrected chi connectivity index (χ2v) is 17.1. The lowest BCUT2D eigenvalue weighted by molar-refractivity contribution is 0.669. The van der Waals surface area contributed by atoms with Gasteiger partial charge in [-0.3, -0.25) is 0 Å². The van der Waals surface area contributed by atoms with Crippen molar-refractivity contribution in [1.82, 2.24) is 0 Å². The lowest BCUT2D eigenvalue weighted by atomic mass is 9.70. The Bertz CT molecular complexity index is 3790. The van der Waals surface area contributed by atoms with Crippen LogP contribution in [0.2, 0.25) is 0 Å². The van der Waals surface area contributed by atoms with Gasteiger partial charge in [0.15, 0.2) is 0 Å². The summed E-state index contributed by atoms with van der Waals surface area (Å²) in [6.07, 6.45) is 0. The molecule has 0 unspecified atom stereocenters. The van der Waals surface area contributed by atoms with Gasteiger partial charge in [0.1, 0.15) is 11.2 Å². The monoisotopic (exact) mass is 799 g/mol. The highest BCUT2D eigenvalue weighted by Gasteiger charge is 2.51. The van der Waals surface area contributed by atoms with Crippen LogP contribution in [0.4, 0.5) is 17.1 Å². The number of rotatable bonds is 4. The van der Waals surface area contributed by atoms with Gasteiger partial charge in [-0.2, -0.15) is 0 Å². The molecule has 1 aromatic heterocycles. The first-order valence-corrected chi connectivity index (χ1v) is 21.8. The van der Waals surface area contributed by atoms with E-state index >= 15 is 0 Å². The van der Waals surface area contributed by atoms with Gasteiger partial charge in [0, 0.05) is 27.8 Å². The van der Waals surface area contributed by atoms with Crippen molar-refractivity contribution in [1.29, 1.82) is 0 Å². The maximum Gasteiger partial charge on any atom is 0.136 e. The van der Waals surface area contributed by atoms with Gasteiger partial charge in [0.25, 0.3) is 0 Å². The Labute approximate surface area is 364 Å². The molecule has 11 aromatic carbocycles. The van der Waals surface area contributed by atoms with E-state index < -0.39 is 5.41 Å². The van der Waals surface area contributed by atoms with Crippen LogP contribution < -0.4 is 4.90 Å². The van der Waals surface area contributed by atoms with Crippen molar-refractivity contribution >= 4 is 71.3 Å². The second-order valence-electron chi connectivity index (χ2n) is 17.1. The van der Waals surface area contributed by atoms with Crippen LogP contribution in [0.3, 0.4) is 0 Å². The zero-order chi connectivity index (χ0) is 41.2. The summed E-state index contributed by atoms with van der Waals surface area (Å²) >= 11 is 0. The molecule has 0 fully saturated rings. The summed E-state index contributed by atoms with van der Waals surface area (Å²) in [5, 5.41) is 9.85. The first-order chi connectivity index (χ1) is 31.3. The minimum absolute atomic E-state index is 0.398. The SMILES string of the molecule is c1ccc2c(c1)-c1ccccc1C21c2ccccc2-c2cc(N(c3ccc(-c4cccc5oc6ccccc6c45)cc3)c3ccc4c5ccccc5c5ccccc5c4c3)ccc21. The minimum atomic E-state index is -0.398. The minimum Gasteiger partial charge on any atom is -0.456 e. The maximum absolute atomic E-state index is 6.31. The van der Waals surface area contributed by atoms with Gasteiger partial charge < -0.3 is 9.32 Å². The summed E-state index contributed by atoms with van der Waals surface area (Å²) in [5.74, 6) is 0. The summed E-state index contributed by atoms with van der Waals surface area (Å²) in [4.78, 5) is 2.45. The molecule has 0 radical (unpaired) electrons. The van der Waals surface area contributed by atoms with Gasteiger partial charge in [-0.25, -0.2) is 0 Å². The van der Waals surface area contributed by atoms with E-state index in [4.69, 9.17) is 4.42 Å². The summed E-state index contributed by atoms with van der Waals surface area (Å²) in [5.41, 5.74) is 17.6. The lowest BCUT2D eigenvalue weighted by Gasteiger charge is -2.31. The summed E-state index contributed by atoms with van der Waals surface area (Å²) in [6.45, 7) is 0. The zero-order valence-corrected chi connectivity index (χ0v) is 34.2. The maximum atomic E-state index is 6.31. The van der Waals surface area contributed by atoms with Crippen LogP contribution in [0, 0.1) is 0 Å². The van der Waals surface area contributed by atoms with E-state index in [1.807, 2.05) is 6.07 Å². The largest absolute Gasteiger partial charge is 0.456 e. The molecule has 2 aliphatic rings. The van der Waals surface area contributed by atoms with Crippen LogP contribution in [0.15, 0.2) is 229 Å². The van der Waals surface area contributed by atoms with Crippen LogP contribution in [0.1, 0.15) is 22.3 Å². The molecule has 14 rings (SSSR count). The zero-order valence-electron chi connectivity index (χ0n) is 34.2. The van der Waals surface area contributed by atoms with Gasteiger partial charge >= 0.3 is 0 Å². The molecule has 12 aromatic rings. The number of furan rings is 1. The Morgan fingerprint density at radius 2 is 0.730 bits per heavy atom. The fraction of sp³-hybridized carbons (Fsp3) is 0.0164. The van der Waals surface area contributed by atoms with Crippen molar-refractivity contribution in [2.75, 3.05) is 4.90 Å². The predicted molar refractivity (Wildman–Crippen MR) is 263 cm³/mol. The first kappa shape index (κ1) is 34.5. The molecule has 0 bridgehead atoms. The fourth-order valence-corrected chi connectivity index (χ4v) is 11.5. The Hall–Kier alpha value is -8.20. The smallest absolute Gasteiger partial charge is 0.136 e. The summed E-state index contributed by atoms with van der Waals surface area (Å²) in [7, 11) is 0. The van der Waals surface area contributed by atoms with Crippen LogP contribution in [-0.4, -0.2) is 0 Å². The number of anilines is 3. The van der Waals surface area contributed by atoms with Crippen molar-refractivity contribution < 1.29 is 4.42 Å². The highest BCUT2D eigenvalue weighted by molar-refractivity contribution is 6.26. The third kappa shape index (κ3) is 4.67. The average molecular weight is 800 g/mol. The Morgan fingerprint density at radius 3 is 1.38 bits per heavy atom. The first-order valence-electron chi connectivity index (χ1n) is 21.8. The van der Waals surface area contributed by atoms with Gasteiger partial charge in [-0.1, -0.05) is 176 Å². The fourth-order valence-electron chi connectivity index (χ4n) is 11.5. The number of hydrogen-bond donors (Lipinski definition) is 0. The molecule has 1 heterocycles. The molecule has 0 atom stereocenters. The number of nitrogens with zero attached hydrogens (tertiary/aromatic N) is 1. The van der Waals surface area contributed by atoms with Crippen molar-refractivity contribution in [2.24, 2.45) is 0 Å². The summed E-state index contributed by atoms with van der Waals surface area (Å²) < 4.78 is 6.31. The molecule has 2 nitrogen and oxygen atoms in total. The molecule has 2 aliphatic carbocycles. The molecule has 2 heteroatoms. The van der Waals surface area contributed by atoms with Crippen molar-refractivity contribution in [3.8, 4) is 33.4 Å². The summed E-state index contributed by atoms with van der Waals surface area (Å²) in [6, 6.07) is 82.9. The third-order valence-corrected chi connectivity index (χ3v) is 14.1. The van der Waals surface area contributed by atoms with E-state index in [1.165, 1.54) is 76.8 Å². The number of fused-ring (bicyclic) bond motifs is 19. The van der Waals surface area contributed by atoms with Crippen LogP contribution in [0.25, 0.3) is 87.6 Å². The van der Waals surface area contributed by atoms with Crippen molar-refractivity contribution in [2.45, 2.75) is 5.41 Å². The Kier molecular flexibility index (Phi) is 7.07. The standard InChI is InChI=1S/C61H37NO/c1-2-16-45-43(14-1)44-15-3-4-17-46(44)52-36-40(32-34-47(45)52)62(39-30-28-38(29-31-39)42-22-13-27-59-60(42)51-21-8-12-26-58(51)63-59)41-33-35-57-53(37-41)50-20-7-11-25-56(50)61(57)54-23-9-5-18-48(54)49-19-6-10-24-55(49)61/h1-37H. The van der Waals surface area contributed by atoms with E-state index in [0.29, 0.717) is 0 Å². The topological polar surface area (TPSA) is 16.4 Å². The highest BCUT2D eigenvalue weighted by Crippen LogP contribution is 2.63. The van der Waals surface area contributed by atoms with Gasteiger partial charge in [-0.15, -0.1) is 0 Å². The highest BCUT2D eigenvalue weighted by atomic mass is 16.3. The van der Waals surface area contributed by atoms with Gasteiger partial charge in [0.2, 0.25) is 0 Å². The van der Waals surface area contributed by atoms with Crippen molar-refractivity contribution in [3.05, 3.63) is 247 Å². The molecule has 292 valence electrons. The van der Waals surface area contributed by atoms with E-state index in [9.17, 15) is 0 Å². The number of para-hydroxylation sites is 1. The predicted octanol–water partition coefficient (Wildman–Crippen LogP) is 16.5. The van der Waals surface area contributed by atoms with Gasteiger partial charge in [0.05, 0.1) is 5.41 Å². The molecule has 0 saturated heterocycles. The molecule has 0 saturated carbocycles. The molecular formula is C61H37NO. The molecule has 0 aliphatic heterocycles. The van der Waals surface area contributed by atoms with Crippen LogP contribution in [-0.2, 0) is 5.41 Å². The van der Waals surface area contributed by atoms with Gasteiger partial charge in [-0.05, 0) is 136 Å². The second kappa shape index (κ2) is 12.9. The molecule has 63 heavy (non-hydrogen) atoms. The van der Waals surface area contributed by atoms with E-state index in [1.54, 1.807) is 0 Å². The normalized spacial score (nSPS) is 13.2. The van der Waals surface area contributed by atoms with E-state index in [2.05, 4.69) is 223 Å². The molecule has 0 N–H and O–H groups in total. The Morgan fingerprint density at radius 1 is 0.286 bits per heavy atom. The van der Waals surface area contributed by atoms with E-state index in [-0.39, 0.29) is 0 Å². The van der Waals surface area contributed by atoms with E-state index in [0.717, 1.165) is 50.1 Å². The Balaban J connectivity index is 1.00. The number of benzene rings is 11. The number of hydrogen-bond acceptors (Lipinski definition) is 2. The third-order valence-electron chi connectivity index (χ3n) is 14.1. The van der Waals surface area contributed by atoms with Crippen LogP contribution >= 0.6 is 0 Å². The lowest BCUT2D eigenvalue weighted by Crippen LogP contribution is -2.25. The molecule has 0 amide bonds. The average Bonchev–Trinajstić information content (AvgIpc) is 3.99. The van der Waals surface area contributed by atoms with Crippen molar-refractivity contribution in [3.63, 3.8) is 0 Å². The van der Waals surface area contributed by atoms with Crippen LogP contribution in [0.5, 0.6) is 0 Å². The quantitative estimate of drug-likeness (QED) is 0.165.